The lowest BCUT2D eigenvalue weighted by atomic mass is 10.1. The maximum absolute atomic E-state index is 13.0. The number of aromatic nitrogens is 3. The zero-order chi connectivity index (χ0) is 22.5. The highest BCUT2D eigenvalue weighted by molar-refractivity contribution is 5.94. The fourth-order valence-electron chi connectivity index (χ4n) is 3.61. The van der Waals surface area contributed by atoms with Crippen LogP contribution in [0.3, 0.4) is 0 Å². The molecule has 1 aliphatic rings. The molecular weight excluding hydrogens is 410 g/mol. The summed E-state index contributed by atoms with van der Waals surface area (Å²) in [5, 5.41) is 3.79. The first kappa shape index (κ1) is 21.5. The van der Waals surface area contributed by atoms with Gasteiger partial charge < -0.3 is 19.1 Å². The number of anilines is 1. The van der Waals surface area contributed by atoms with Crippen molar-refractivity contribution in [3.8, 4) is 11.5 Å². The predicted molar refractivity (Wildman–Crippen MR) is 117 cm³/mol. The Morgan fingerprint density at radius 2 is 1.81 bits per heavy atom. The lowest BCUT2D eigenvalue weighted by Crippen LogP contribution is -2.35. The summed E-state index contributed by atoms with van der Waals surface area (Å²) >= 11 is 0. The van der Waals surface area contributed by atoms with E-state index in [9.17, 15) is 9.59 Å². The summed E-state index contributed by atoms with van der Waals surface area (Å²) in [6.45, 7) is 6.56. The summed E-state index contributed by atoms with van der Waals surface area (Å²) in [5.41, 5.74) is 1.83. The number of hydrogen-bond donors (Lipinski definition) is 0. The number of pyridine rings is 1. The number of benzene rings is 1. The van der Waals surface area contributed by atoms with Gasteiger partial charge in [-0.1, -0.05) is 5.16 Å². The zero-order valence-electron chi connectivity index (χ0n) is 18.2. The number of nitrogens with zero attached hydrogens (tertiary/aromatic N) is 5. The van der Waals surface area contributed by atoms with Crippen molar-refractivity contribution in [2.45, 2.75) is 20.3 Å². The second-order valence-electron chi connectivity index (χ2n) is 7.48. The first-order valence-corrected chi connectivity index (χ1v) is 10.6. The number of hydrogen-bond acceptors (Lipinski definition) is 8. The van der Waals surface area contributed by atoms with Crippen molar-refractivity contribution >= 4 is 17.7 Å². The zero-order valence-corrected chi connectivity index (χ0v) is 18.2. The summed E-state index contributed by atoms with van der Waals surface area (Å²) < 4.78 is 10.2. The molecule has 1 aliphatic heterocycles. The van der Waals surface area contributed by atoms with Crippen LogP contribution in [-0.4, -0.2) is 64.7 Å². The average molecular weight is 435 g/mol. The van der Waals surface area contributed by atoms with Crippen molar-refractivity contribution in [3.63, 3.8) is 0 Å². The molecule has 1 amide bonds. The molecule has 0 saturated carbocycles. The first-order chi connectivity index (χ1) is 15.5. The summed E-state index contributed by atoms with van der Waals surface area (Å²) in [6.07, 6.45) is 2.36. The summed E-state index contributed by atoms with van der Waals surface area (Å²) in [4.78, 5) is 37.4. The molecule has 2 aromatic heterocycles. The quantitative estimate of drug-likeness (QED) is 0.564. The van der Waals surface area contributed by atoms with E-state index in [2.05, 4.69) is 20.0 Å². The number of amides is 1. The molecule has 1 saturated heterocycles. The Hall–Kier alpha value is -3.75. The highest BCUT2D eigenvalue weighted by Crippen LogP contribution is 2.20. The molecule has 0 N–H and O–H groups in total. The molecule has 1 aromatic carbocycles. The van der Waals surface area contributed by atoms with Crippen LogP contribution in [0.2, 0.25) is 0 Å². The smallest absolute Gasteiger partial charge is 0.339 e. The second kappa shape index (κ2) is 9.59. The Morgan fingerprint density at radius 1 is 1.03 bits per heavy atom. The largest absolute Gasteiger partial charge is 0.462 e. The van der Waals surface area contributed by atoms with E-state index in [1.54, 1.807) is 32.0 Å². The van der Waals surface area contributed by atoms with Gasteiger partial charge in [-0.3, -0.25) is 4.79 Å². The number of rotatable bonds is 5. The van der Waals surface area contributed by atoms with Crippen molar-refractivity contribution < 1.29 is 18.8 Å². The number of carbonyl (C=O) groups is 2. The number of esters is 1. The Kier molecular flexibility index (Phi) is 6.44. The van der Waals surface area contributed by atoms with E-state index >= 15 is 0 Å². The van der Waals surface area contributed by atoms with E-state index in [0.29, 0.717) is 49.1 Å². The Balaban J connectivity index is 1.38. The highest BCUT2D eigenvalue weighted by Gasteiger charge is 2.21. The molecule has 32 heavy (non-hydrogen) atoms. The molecule has 9 heteroatoms. The number of ether oxygens (including phenoxy) is 1. The van der Waals surface area contributed by atoms with Crippen molar-refractivity contribution in [2.75, 3.05) is 37.7 Å². The van der Waals surface area contributed by atoms with Gasteiger partial charge in [0, 0.05) is 43.5 Å². The summed E-state index contributed by atoms with van der Waals surface area (Å²) in [6, 6.07) is 10.8. The fraction of sp³-hybridized carbons (Fsp3) is 0.348. The average Bonchev–Trinajstić information content (AvgIpc) is 3.11. The van der Waals surface area contributed by atoms with Crippen LogP contribution in [0.5, 0.6) is 0 Å². The molecule has 0 unspecified atom stereocenters. The Morgan fingerprint density at radius 3 is 2.47 bits per heavy atom. The molecule has 4 rings (SSSR count). The predicted octanol–water partition coefficient (Wildman–Crippen LogP) is 2.97. The molecule has 3 heterocycles. The molecule has 3 aromatic rings. The van der Waals surface area contributed by atoms with Gasteiger partial charge in [0.1, 0.15) is 5.82 Å². The monoisotopic (exact) mass is 435 g/mol. The minimum atomic E-state index is -0.376. The van der Waals surface area contributed by atoms with Gasteiger partial charge in [-0.15, -0.1) is 0 Å². The minimum absolute atomic E-state index is 0.00859. The third-order valence-electron chi connectivity index (χ3n) is 5.27. The van der Waals surface area contributed by atoms with E-state index in [1.165, 1.54) is 6.20 Å². The van der Waals surface area contributed by atoms with Crippen LogP contribution in [0.1, 0.15) is 39.9 Å². The third-order valence-corrected chi connectivity index (χ3v) is 5.27. The van der Waals surface area contributed by atoms with Gasteiger partial charge in [-0.05, 0) is 56.7 Å². The van der Waals surface area contributed by atoms with Crippen LogP contribution >= 0.6 is 0 Å². The second-order valence-corrected chi connectivity index (χ2v) is 7.48. The van der Waals surface area contributed by atoms with E-state index in [-0.39, 0.29) is 11.9 Å². The van der Waals surface area contributed by atoms with Crippen molar-refractivity contribution in [2.24, 2.45) is 0 Å². The van der Waals surface area contributed by atoms with E-state index in [4.69, 9.17) is 9.26 Å². The topological polar surface area (TPSA) is 102 Å². The minimum Gasteiger partial charge on any atom is -0.462 e. The van der Waals surface area contributed by atoms with Gasteiger partial charge in [-0.25, -0.2) is 9.78 Å². The normalized spacial score (nSPS) is 14.2. The molecule has 9 nitrogen and oxygen atoms in total. The maximum Gasteiger partial charge on any atom is 0.339 e. The molecule has 0 atom stereocenters. The Bertz CT molecular complexity index is 1080. The summed E-state index contributed by atoms with van der Waals surface area (Å²) in [7, 11) is 0. The SMILES string of the molecule is CCOC(=O)c1ccc(N2CCCN(C(=O)c3ccc(-c4nc(C)no4)cc3)CC2)nc1. The van der Waals surface area contributed by atoms with E-state index in [0.717, 1.165) is 24.3 Å². The molecular formula is C23H25N5O4. The number of carbonyl (C=O) groups excluding carboxylic acids is 2. The van der Waals surface area contributed by atoms with Gasteiger partial charge in [0.05, 0.1) is 12.2 Å². The van der Waals surface area contributed by atoms with E-state index < -0.39 is 0 Å². The van der Waals surface area contributed by atoms with Crippen molar-refractivity contribution in [3.05, 3.63) is 59.5 Å². The van der Waals surface area contributed by atoms with Crippen molar-refractivity contribution in [1.29, 1.82) is 0 Å². The van der Waals surface area contributed by atoms with Crippen LogP contribution in [0.15, 0.2) is 47.1 Å². The van der Waals surface area contributed by atoms with Gasteiger partial charge in [0.25, 0.3) is 11.8 Å². The van der Waals surface area contributed by atoms with Gasteiger partial charge in [-0.2, -0.15) is 4.98 Å². The summed E-state index contributed by atoms with van der Waals surface area (Å²) in [5.74, 6) is 1.41. The lowest BCUT2D eigenvalue weighted by Gasteiger charge is -2.23. The number of aryl methyl sites for hydroxylation is 1. The third kappa shape index (κ3) is 4.77. The molecule has 0 bridgehead atoms. The van der Waals surface area contributed by atoms with Crippen LogP contribution < -0.4 is 4.90 Å². The first-order valence-electron chi connectivity index (χ1n) is 10.6. The van der Waals surface area contributed by atoms with Gasteiger partial charge in [0.2, 0.25) is 0 Å². The Labute approximate surface area is 186 Å². The highest BCUT2D eigenvalue weighted by atomic mass is 16.5. The molecule has 0 aliphatic carbocycles. The van der Waals surface area contributed by atoms with Crippen LogP contribution in [-0.2, 0) is 4.74 Å². The molecule has 1 fully saturated rings. The molecule has 0 radical (unpaired) electrons. The maximum atomic E-state index is 13.0. The lowest BCUT2D eigenvalue weighted by molar-refractivity contribution is 0.0525. The fourth-order valence-corrected chi connectivity index (χ4v) is 3.61. The van der Waals surface area contributed by atoms with Crippen LogP contribution in [0.25, 0.3) is 11.5 Å². The van der Waals surface area contributed by atoms with Crippen molar-refractivity contribution in [1.82, 2.24) is 20.0 Å². The standard InChI is InChI=1S/C23H25N5O4/c1-3-31-23(30)19-9-10-20(24-15-19)27-11-4-12-28(14-13-27)22(29)18-7-5-17(6-8-18)21-25-16(2)26-32-21/h5-10,15H,3-4,11-14H2,1-2H3. The van der Waals surface area contributed by atoms with E-state index in [1.807, 2.05) is 23.1 Å². The van der Waals surface area contributed by atoms with Gasteiger partial charge >= 0.3 is 5.97 Å². The van der Waals surface area contributed by atoms with Gasteiger partial charge in [0.15, 0.2) is 5.82 Å². The molecule has 166 valence electrons. The van der Waals surface area contributed by atoms with Crippen LogP contribution in [0.4, 0.5) is 5.82 Å². The van der Waals surface area contributed by atoms with Crippen LogP contribution in [0, 0.1) is 6.92 Å². The molecule has 0 spiro atoms.